The Morgan fingerprint density at radius 2 is 2.00 bits per heavy atom. The first-order valence-electron chi connectivity index (χ1n) is 7.98. The van der Waals surface area contributed by atoms with Crippen LogP contribution < -0.4 is 14.8 Å². The molecule has 1 unspecified atom stereocenters. The molecule has 0 aliphatic heterocycles. The van der Waals surface area contributed by atoms with Gasteiger partial charge in [0.05, 0.1) is 6.10 Å². The second-order valence-corrected chi connectivity index (χ2v) is 5.99. The van der Waals surface area contributed by atoms with E-state index >= 15 is 0 Å². The largest absolute Gasteiger partial charge is 0.491 e. The van der Waals surface area contributed by atoms with Gasteiger partial charge in [0.25, 0.3) is 0 Å². The van der Waals surface area contributed by atoms with Crippen LogP contribution in [-0.4, -0.2) is 19.3 Å². The van der Waals surface area contributed by atoms with Crippen LogP contribution in [0.1, 0.15) is 25.8 Å². The Balaban J connectivity index is 1.81. The fraction of sp³-hybridized carbons (Fsp3) is 0.368. The zero-order valence-electron chi connectivity index (χ0n) is 13.9. The van der Waals surface area contributed by atoms with Gasteiger partial charge in [-0.15, -0.1) is 0 Å². The summed E-state index contributed by atoms with van der Waals surface area (Å²) in [6.07, 6.45) is 1.22. The fourth-order valence-corrected chi connectivity index (χ4v) is 2.35. The van der Waals surface area contributed by atoms with Crippen LogP contribution in [0.2, 0.25) is 5.02 Å². The van der Waals surface area contributed by atoms with Crippen molar-refractivity contribution < 1.29 is 9.47 Å². The molecule has 0 aromatic heterocycles. The average molecular weight is 334 g/mol. The smallest absolute Gasteiger partial charge is 0.122 e. The van der Waals surface area contributed by atoms with E-state index in [9.17, 15) is 0 Å². The van der Waals surface area contributed by atoms with Crippen molar-refractivity contribution in [2.45, 2.75) is 33.3 Å². The molecule has 1 atom stereocenters. The highest BCUT2D eigenvalue weighted by molar-refractivity contribution is 6.30. The predicted octanol–water partition coefficient (Wildman–Crippen LogP) is 5.32. The Morgan fingerprint density at radius 3 is 2.74 bits per heavy atom. The van der Waals surface area contributed by atoms with Gasteiger partial charge in [-0.1, -0.05) is 24.6 Å². The van der Waals surface area contributed by atoms with Gasteiger partial charge in [-0.3, -0.25) is 0 Å². The molecule has 124 valence electrons. The third kappa shape index (κ3) is 5.68. The van der Waals surface area contributed by atoms with E-state index in [1.54, 1.807) is 0 Å². The standard InChI is InChI=1S/C19H24ClNO2/c1-4-15(3)23-18-7-5-6-17(13-18)21-10-11-22-19-9-8-16(20)12-14(19)2/h5-9,12-13,15,21H,4,10-11H2,1-3H3. The Labute approximate surface area is 143 Å². The molecule has 0 aliphatic rings. The highest BCUT2D eigenvalue weighted by Crippen LogP contribution is 2.22. The molecule has 2 rings (SSSR count). The molecule has 3 nitrogen and oxygen atoms in total. The monoisotopic (exact) mass is 333 g/mol. The number of halogens is 1. The lowest BCUT2D eigenvalue weighted by molar-refractivity contribution is 0.217. The zero-order chi connectivity index (χ0) is 16.7. The molecule has 0 aliphatic carbocycles. The first-order chi connectivity index (χ1) is 11.1. The molecule has 1 N–H and O–H groups in total. The third-order valence-electron chi connectivity index (χ3n) is 3.57. The highest BCUT2D eigenvalue weighted by Gasteiger charge is 2.03. The molecule has 4 heteroatoms. The zero-order valence-corrected chi connectivity index (χ0v) is 14.7. The average Bonchev–Trinajstić information content (AvgIpc) is 2.53. The van der Waals surface area contributed by atoms with Crippen LogP contribution >= 0.6 is 11.6 Å². The number of benzene rings is 2. The Hall–Kier alpha value is -1.87. The molecule has 0 heterocycles. The number of nitrogens with one attached hydrogen (secondary N) is 1. The maximum Gasteiger partial charge on any atom is 0.122 e. The van der Waals surface area contributed by atoms with E-state index in [1.807, 2.05) is 49.4 Å². The number of hydrogen-bond donors (Lipinski definition) is 1. The summed E-state index contributed by atoms with van der Waals surface area (Å²) in [4.78, 5) is 0. The van der Waals surface area contributed by atoms with Gasteiger partial charge in [0.1, 0.15) is 18.1 Å². The summed E-state index contributed by atoms with van der Waals surface area (Å²) in [5.41, 5.74) is 2.07. The summed E-state index contributed by atoms with van der Waals surface area (Å²) in [7, 11) is 0. The van der Waals surface area contributed by atoms with Crippen LogP contribution in [0.4, 0.5) is 5.69 Å². The van der Waals surface area contributed by atoms with Gasteiger partial charge in [-0.25, -0.2) is 0 Å². The van der Waals surface area contributed by atoms with E-state index in [0.717, 1.165) is 40.7 Å². The summed E-state index contributed by atoms with van der Waals surface area (Å²) >= 11 is 5.94. The fourth-order valence-electron chi connectivity index (χ4n) is 2.13. The van der Waals surface area contributed by atoms with Gasteiger partial charge in [-0.05, 0) is 56.2 Å². The number of hydrogen-bond acceptors (Lipinski definition) is 3. The second kappa shape index (κ2) is 8.68. The molecule has 0 saturated carbocycles. The number of aryl methyl sites for hydroxylation is 1. The minimum Gasteiger partial charge on any atom is -0.491 e. The van der Waals surface area contributed by atoms with Gasteiger partial charge in [-0.2, -0.15) is 0 Å². The minimum atomic E-state index is 0.224. The SMILES string of the molecule is CCC(C)Oc1cccc(NCCOc2ccc(Cl)cc2C)c1. The van der Waals surface area contributed by atoms with Crippen LogP contribution in [0.15, 0.2) is 42.5 Å². The quantitative estimate of drug-likeness (QED) is 0.663. The molecule has 0 bridgehead atoms. The maximum atomic E-state index is 5.94. The van der Waals surface area contributed by atoms with Crippen molar-refractivity contribution in [1.29, 1.82) is 0 Å². The van der Waals surface area contributed by atoms with E-state index in [4.69, 9.17) is 21.1 Å². The molecule has 0 radical (unpaired) electrons. The molecular formula is C19H24ClNO2. The van der Waals surface area contributed by atoms with Crippen molar-refractivity contribution in [2.75, 3.05) is 18.5 Å². The van der Waals surface area contributed by atoms with Crippen molar-refractivity contribution >= 4 is 17.3 Å². The van der Waals surface area contributed by atoms with Gasteiger partial charge in [0.15, 0.2) is 0 Å². The van der Waals surface area contributed by atoms with Crippen LogP contribution in [-0.2, 0) is 0 Å². The van der Waals surface area contributed by atoms with Crippen molar-refractivity contribution in [1.82, 2.24) is 0 Å². The highest BCUT2D eigenvalue weighted by atomic mass is 35.5. The van der Waals surface area contributed by atoms with Crippen molar-refractivity contribution in [3.8, 4) is 11.5 Å². The number of rotatable bonds is 8. The topological polar surface area (TPSA) is 30.5 Å². The lowest BCUT2D eigenvalue weighted by atomic mass is 10.2. The minimum absolute atomic E-state index is 0.224. The molecule has 0 saturated heterocycles. The molecule has 2 aromatic rings. The number of ether oxygens (including phenoxy) is 2. The van der Waals surface area contributed by atoms with E-state index < -0.39 is 0 Å². The summed E-state index contributed by atoms with van der Waals surface area (Å²) in [6.45, 7) is 7.48. The Bertz CT molecular complexity index is 631. The Kier molecular flexibility index (Phi) is 6.60. The van der Waals surface area contributed by atoms with Crippen LogP contribution in [0.5, 0.6) is 11.5 Å². The van der Waals surface area contributed by atoms with Crippen molar-refractivity contribution in [3.05, 3.63) is 53.1 Å². The van der Waals surface area contributed by atoms with Gasteiger partial charge < -0.3 is 14.8 Å². The molecule has 0 amide bonds. The molecule has 2 aromatic carbocycles. The first kappa shape index (κ1) is 17.5. The predicted molar refractivity (Wildman–Crippen MR) is 97.0 cm³/mol. The van der Waals surface area contributed by atoms with E-state index in [1.165, 1.54) is 0 Å². The summed E-state index contributed by atoms with van der Waals surface area (Å²) in [5.74, 6) is 1.75. The second-order valence-electron chi connectivity index (χ2n) is 5.55. The van der Waals surface area contributed by atoms with Crippen LogP contribution in [0, 0.1) is 6.92 Å². The van der Waals surface area contributed by atoms with E-state index in [0.29, 0.717) is 6.61 Å². The van der Waals surface area contributed by atoms with Crippen molar-refractivity contribution in [3.63, 3.8) is 0 Å². The van der Waals surface area contributed by atoms with Crippen LogP contribution in [0.25, 0.3) is 0 Å². The molecular weight excluding hydrogens is 310 g/mol. The van der Waals surface area contributed by atoms with Gasteiger partial charge in [0.2, 0.25) is 0 Å². The van der Waals surface area contributed by atoms with E-state index in [-0.39, 0.29) is 6.10 Å². The molecule has 0 fully saturated rings. The maximum absolute atomic E-state index is 5.94. The third-order valence-corrected chi connectivity index (χ3v) is 3.81. The van der Waals surface area contributed by atoms with Crippen LogP contribution in [0.3, 0.4) is 0 Å². The van der Waals surface area contributed by atoms with Crippen molar-refractivity contribution in [2.24, 2.45) is 0 Å². The lowest BCUT2D eigenvalue weighted by Crippen LogP contribution is -2.12. The van der Waals surface area contributed by atoms with Gasteiger partial charge >= 0.3 is 0 Å². The lowest BCUT2D eigenvalue weighted by Gasteiger charge is -2.14. The summed E-state index contributed by atoms with van der Waals surface area (Å²) in [5, 5.41) is 4.07. The molecule has 23 heavy (non-hydrogen) atoms. The molecule has 0 spiro atoms. The van der Waals surface area contributed by atoms with Gasteiger partial charge in [0, 0.05) is 23.3 Å². The normalized spacial score (nSPS) is 11.8. The first-order valence-corrected chi connectivity index (χ1v) is 8.36. The summed E-state index contributed by atoms with van der Waals surface area (Å²) in [6, 6.07) is 13.6. The Morgan fingerprint density at radius 1 is 1.17 bits per heavy atom. The van der Waals surface area contributed by atoms with E-state index in [2.05, 4.69) is 19.2 Å². The summed E-state index contributed by atoms with van der Waals surface area (Å²) < 4.78 is 11.6. The number of anilines is 1.